The van der Waals surface area contributed by atoms with E-state index in [0.29, 0.717) is 6.61 Å². The van der Waals surface area contributed by atoms with Crippen LogP contribution in [0.1, 0.15) is 32.6 Å². The van der Waals surface area contributed by atoms with E-state index >= 15 is 0 Å². The van der Waals surface area contributed by atoms with Gasteiger partial charge in [-0.1, -0.05) is 19.1 Å². The molecule has 1 aromatic carbocycles. The molecule has 1 N–H and O–H groups in total. The molecule has 2 aliphatic heterocycles. The zero-order valence-corrected chi connectivity index (χ0v) is 14.5. The van der Waals surface area contributed by atoms with Crippen LogP contribution >= 0.6 is 0 Å². The highest BCUT2D eigenvalue weighted by Crippen LogP contribution is 2.37. The fourth-order valence-corrected chi connectivity index (χ4v) is 3.08. The van der Waals surface area contributed by atoms with Crippen LogP contribution in [-0.4, -0.2) is 49.5 Å². The minimum Gasteiger partial charge on any atom is -0.497 e. The number of hydrogen-bond acceptors (Lipinski definition) is 6. The van der Waals surface area contributed by atoms with E-state index in [4.69, 9.17) is 23.7 Å². The Morgan fingerprint density at radius 3 is 2.50 bits per heavy atom. The summed E-state index contributed by atoms with van der Waals surface area (Å²) in [7, 11) is 1.62. The van der Waals surface area contributed by atoms with Gasteiger partial charge in [0, 0.05) is 11.5 Å². The van der Waals surface area contributed by atoms with Crippen LogP contribution in [0.15, 0.2) is 24.3 Å². The van der Waals surface area contributed by atoms with Crippen molar-refractivity contribution in [3.8, 4) is 5.75 Å². The molecule has 2 fully saturated rings. The maximum atomic E-state index is 10.6. The predicted molar refractivity (Wildman–Crippen MR) is 86.6 cm³/mol. The van der Waals surface area contributed by atoms with Crippen LogP contribution in [0.5, 0.6) is 5.75 Å². The quantitative estimate of drug-likeness (QED) is 0.908. The maximum Gasteiger partial charge on any atom is 0.184 e. The van der Waals surface area contributed by atoms with Gasteiger partial charge in [0.1, 0.15) is 18.0 Å². The standard InChI is InChI=1S/C18H26O6/c1-10(2)22-17-11(3)15(19)16-14(23-17)9-21-18(24-16)12-5-7-13(20-4)8-6-12/h5-8,10-11,14-19H,9H2,1-4H3. The van der Waals surface area contributed by atoms with Crippen molar-refractivity contribution in [2.45, 2.75) is 57.8 Å². The lowest BCUT2D eigenvalue weighted by Crippen LogP contribution is -2.59. The molecule has 2 saturated heterocycles. The summed E-state index contributed by atoms with van der Waals surface area (Å²) < 4.78 is 28.6. The van der Waals surface area contributed by atoms with E-state index in [-0.39, 0.29) is 18.1 Å². The van der Waals surface area contributed by atoms with Crippen molar-refractivity contribution < 1.29 is 28.8 Å². The molecule has 134 valence electrons. The fourth-order valence-electron chi connectivity index (χ4n) is 3.08. The molecule has 0 bridgehead atoms. The Labute approximate surface area is 142 Å². The minimum absolute atomic E-state index is 0.0266. The Morgan fingerprint density at radius 2 is 1.88 bits per heavy atom. The van der Waals surface area contributed by atoms with Crippen molar-refractivity contribution in [2.75, 3.05) is 13.7 Å². The van der Waals surface area contributed by atoms with Gasteiger partial charge in [-0.15, -0.1) is 0 Å². The van der Waals surface area contributed by atoms with Gasteiger partial charge in [-0.3, -0.25) is 0 Å². The molecule has 0 saturated carbocycles. The third-order valence-corrected chi connectivity index (χ3v) is 4.47. The molecule has 0 radical (unpaired) electrons. The molecule has 6 atom stereocenters. The second kappa shape index (κ2) is 7.37. The van der Waals surface area contributed by atoms with Gasteiger partial charge in [0.2, 0.25) is 0 Å². The summed E-state index contributed by atoms with van der Waals surface area (Å²) >= 11 is 0. The molecule has 0 amide bonds. The minimum atomic E-state index is -0.669. The van der Waals surface area contributed by atoms with Crippen molar-refractivity contribution in [1.29, 1.82) is 0 Å². The molecule has 6 nitrogen and oxygen atoms in total. The van der Waals surface area contributed by atoms with Crippen LogP contribution < -0.4 is 4.74 Å². The summed E-state index contributed by atoms with van der Waals surface area (Å²) in [5.41, 5.74) is 0.884. The molecule has 3 rings (SSSR count). The van der Waals surface area contributed by atoms with Gasteiger partial charge in [0.25, 0.3) is 0 Å². The average molecular weight is 338 g/mol. The first-order valence-corrected chi connectivity index (χ1v) is 8.39. The van der Waals surface area contributed by atoms with Crippen molar-refractivity contribution in [2.24, 2.45) is 5.92 Å². The highest BCUT2D eigenvalue weighted by Gasteiger charge is 2.48. The van der Waals surface area contributed by atoms with E-state index in [2.05, 4.69) is 0 Å². The van der Waals surface area contributed by atoms with Crippen molar-refractivity contribution in [1.82, 2.24) is 0 Å². The van der Waals surface area contributed by atoms with Crippen LogP contribution in [0.2, 0.25) is 0 Å². The molecule has 0 aliphatic carbocycles. The van der Waals surface area contributed by atoms with E-state index in [9.17, 15) is 5.11 Å². The zero-order chi connectivity index (χ0) is 17.3. The number of benzene rings is 1. The maximum absolute atomic E-state index is 10.6. The Hall–Kier alpha value is -1.18. The van der Waals surface area contributed by atoms with E-state index < -0.39 is 24.8 Å². The van der Waals surface area contributed by atoms with E-state index in [1.54, 1.807) is 7.11 Å². The monoisotopic (exact) mass is 338 g/mol. The Morgan fingerprint density at radius 1 is 1.17 bits per heavy atom. The number of hydrogen-bond donors (Lipinski definition) is 1. The van der Waals surface area contributed by atoms with Gasteiger partial charge in [0.05, 0.1) is 25.9 Å². The average Bonchev–Trinajstić information content (AvgIpc) is 2.59. The van der Waals surface area contributed by atoms with E-state index in [0.717, 1.165) is 11.3 Å². The summed E-state index contributed by atoms with van der Waals surface area (Å²) in [6.07, 6.45) is -2.39. The molecular weight excluding hydrogens is 312 g/mol. The highest BCUT2D eigenvalue weighted by molar-refractivity contribution is 5.28. The largest absolute Gasteiger partial charge is 0.497 e. The summed E-state index contributed by atoms with van der Waals surface area (Å²) in [5.74, 6) is 0.596. The molecule has 2 aliphatic rings. The van der Waals surface area contributed by atoms with Gasteiger partial charge in [-0.25, -0.2) is 0 Å². The topological polar surface area (TPSA) is 66.4 Å². The lowest BCUT2D eigenvalue weighted by molar-refractivity contribution is -0.355. The molecule has 0 aromatic heterocycles. The molecule has 6 heteroatoms. The van der Waals surface area contributed by atoms with Gasteiger partial charge in [-0.2, -0.15) is 0 Å². The fraction of sp³-hybridized carbons (Fsp3) is 0.667. The Bertz CT molecular complexity index is 529. The summed E-state index contributed by atoms with van der Waals surface area (Å²) in [4.78, 5) is 0. The smallest absolute Gasteiger partial charge is 0.184 e. The normalized spacial score (nSPS) is 36.4. The van der Waals surface area contributed by atoms with E-state index in [1.165, 1.54) is 0 Å². The van der Waals surface area contributed by atoms with Gasteiger partial charge < -0.3 is 28.8 Å². The first-order chi connectivity index (χ1) is 11.5. The van der Waals surface area contributed by atoms with Gasteiger partial charge in [-0.05, 0) is 26.0 Å². The highest BCUT2D eigenvalue weighted by atomic mass is 16.7. The lowest BCUT2D eigenvalue weighted by atomic mass is 9.91. The van der Waals surface area contributed by atoms with Crippen LogP contribution in [0.4, 0.5) is 0 Å². The summed E-state index contributed by atoms with van der Waals surface area (Å²) in [6.45, 7) is 6.16. The van der Waals surface area contributed by atoms with Crippen molar-refractivity contribution in [3.05, 3.63) is 29.8 Å². The molecule has 6 unspecified atom stereocenters. The number of methoxy groups -OCH3 is 1. The molecule has 1 aromatic rings. The summed E-state index contributed by atoms with van der Waals surface area (Å²) in [6, 6.07) is 7.51. The summed E-state index contributed by atoms with van der Waals surface area (Å²) in [5, 5.41) is 10.6. The van der Waals surface area contributed by atoms with Crippen LogP contribution in [0.25, 0.3) is 0 Å². The molecule has 2 heterocycles. The molecule has 24 heavy (non-hydrogen) atoms. The SMILES string of the molecule is COc1ccc(C2OCC3OC(OC(C)C)C(C)C(O)C3O2)cc1. The van der Waals surface area contributed by atoms with Gasteiger partial charge in [0.15, 0.2) is 12.6 Å². The van der Waals surface area contributed by atoms with Crippen LogP contribution in [0.3, 0.4) is 0 Å². The second-order valence-electron chi connectivity index (χ2n) is 6.62. The lowest BCUT2D eigenvalue weighted by Gasteiger charge is -2.47. The van der Waals surface area contributed by atoms with Crippen LogP contribution in [-0.2, 0) is 18.9 Å². The first kappa shape index (κ1) is 17.6. The van der Waals surface area contributed by atoms with Crippen molar-refractivity contribution in [3.63, 3.8) is 0 Å². The molecule has 0 spiro atoms. The number of aliphatic hydroxyl groups is 1. The predicted octanol–water partition coefficient (Wildman–Crippen LogP) is 2.26. The Kier molecular flexibility index (Phi) is 5.42. The molecular formula is C18H26O6. The number of aliphatic hydroxyl groups excluding tert-OH is 1. The second-order valence-corrected chi connectivity index (χ2v) is 6.62. The number of rotatable bonds is 4. The van der Waals surface area contributed by atoms with Crippen LogP contribution in [0, 0.1) is 5.92 Å². The number of ether oxygens (including phenoxy) is 5. The Balaban J connectivity index is 1.69. The third kappa shape index (κ3) is 3.58. The number of fused-ring (bicyclic) bond motifs is 1. The first-order valence-electron chi connectivity index (χ1n) is 8.39. The van der Waals surface area contributed by atoms with E-state index in [1.807, 2.05) is 45.0 Å². The zero-order valence-electron chi connectivity index (χ0n) is 14.5. The van der Waals surface area contributed by atoms with Gasteiger partial charge >= 0.3 is 0 Å². The third-order valence-electron chi connectivity index (χ3n) is 4.47. The van der Waals surface area contributed by atoms with Crippen molar-refractivity contribution >= 4 is 0 Å².